The van der Waals surface area contributed by atoms with Gasteiger partial charge in [0.15, 0.2) is 5.96 Å². The molecule has 2 N–H and O–H groups in total. The maximum absolute atomic E-state index is 4.29. The molecule has 0 unspecified atom stereocenters. The molecule has 0 aromatic carbocycles. The van der Waals surface area contributed by atoms with Crippen molar-refractivity contribution in [3.8, 4) is 0 Å². The van der Waals surface area contributed by atoms with Gasteiger partial charge in [0, 0.05) is 20.6 Å². The molecule has 0 saturated heterocycles. The van der Waals surface area contributed by atoms with Gasteiger partial charge in [0.05, 0.1) is 6.54 Å². The number of hydrogen-bond donors (Lipinski definition) is 2. The van der Waals surface area contributed by atoms with Gasteiger partial charge < -0.3 is 10.6 Å². The third-order valence-corrected chi connectivity index (χ3v) is 4.93. The SMILES string of the molecule is CCCCC1CCC(CNC(=NC)NCc2ncnn2C)CC1. The van der Waals surface area contributed by atoms with Crippen molar-refractivity contribution in [1.82, 2.24) is 25.4 Å². The number of rotatable bonds is 7. The van der Waals surface area contributed by atoms with Crippen LogP contribution in [0.4, 0.5) is 0 Å². The fourth-order valence-electron chi connectivity index (χ4n) is 3.32. The predicted octanol–water partition coefficient (Wildman–Crippen LogP) is 2.48. The van der Waals surface area contributed by atoms with Gasteiger partial charge in [-0.1, -0.05) is 39.0 Å². The van der Waals surface area contributed by atoms with Crippen molar-refractivity contribution in [2.45, 2.75) is 58.4 Å². The summed E-state index contributed by atoms with van der Waals surface area (Å²) in [7, 11) is 3.71. The second-order valence-corrected chi connectivity index (χ2v) is 6.64. The number of nitrogens with one attached hydrogen (secondary N) is 2. The summed E-state index contributed by atoms with van der Waals surface area (Å²) in [5.41, 5.74) is 0. The largest absolute Gasteiger partial charge is 0.356 e. The first-order chi connectivity index (χ1) is 11.2. The highest BCUT2D eigenvalue weighted by Crippen LogP contribution is 2.31. The summed E-state index contributed by atoms with van der Waals surface area (Å²) >= 11 is 0. The van der Waals surface area contributed by atoms with Crippen LogP contribution in [-0.4, -0.2) is 34.3 Å². The first-order valence-corrected chi connectivity index (χ1v) is 9.00. The Balaban J connectivity index is 1.65. The lowest BCUT2D eigenvalue weighted by molar-refractivity contribution is 0.259. The van der Waals surface area contributed by atoms with Crippen LogP contribution in [0.25, 0.3) is 0 Å². The minimum atomic E-state index is 0.639. The molecular weight excluding hydrogens is 288 g/mol. The molecule has 6 heteroatoms. The Morgan fingerprint density at radius 3 is 2.61 bits per heavy atom. The second kappa shape index (κ2) is 9.53. The van der Waals surface area contributed by atoms with Gasteiger partial charge in [0.1, 0.15) is 12.2 Å². The Morgan fingerprint density at radius 1 is 1.26 bits per heavy atom. The minimum Gasteiger partial charge on any atom is -0.356 e. The van der Waals surface area contributed by atoms with Crippen molar-refractivity contribution < 1.29 is 0 Å². The molecule has 0 atom stereocenters. The Bertz CT molecular complexity index is 473. The molecule has 2 rings (SSSR count). The molecule has 1 aromatic heterocycles. The number of aryl methyl sites for hydroxylation is 1. The van der Waals surface area contributed by atoms with Crippen LogP contribution in [0.2, 0.25) is 0 Å². The Morgan fingerprint density at radius 2 is 2.00 bits per heavy atom. The minimum absolute atomic E-state index is 0.639. The summed E-state index contributed by atoms with van der Waals surface area (Å²) in [4.78, 5) is 8.51. The van der Waals surface area contributed by atoms with Crippen LogP contribution >= 0.6 is 0 Å². The molecule has 1 aliphatic carbocycles. The lowest BCUT2D eigenvalue weighted by atomic mass is 9.80. The maximum Gasteiger partial charge on any atom is 0.191 e. The first kappa shape index (κ1) is 17.8. The van der Waals surface area contributed by atoms with Crippen LogP contribution in [0, 0.1) is 11.8 Å². The van der Waals surface area contributed by atoms with Crippen molar-refractivity contribution in [2.75, 3.05) is 13.6 Å². The summed E-state index contributed by atoms with van der Waals surface area (Å²) in [5, 5.41) is 10.8. The molecule has 130 valence electrons. The monoisotopic (exact) mass is 320 g/mol. The Kier molecular flexibility index (Phi) is 7.36. The van der Waals surface area contributed by atoms with E-state index >= 15 is 0 Å². The lowest BCUT2D eigenvalue weighted by Gasteiger charge is -2.29. The number of aromatic nitrogens is 3. The fraction of sp³-hybridized carbons (Fsp3) is 0.824. The van der Waals surface area contributed by atoms with Gasteiger partial charge in [0.25, 0.3) is 0 Å². The average Bonchev–Trinajstić information content (AvgIpc) is 2.99. The van der Waals surface area contributed by atoms with E-state index in [0.717, 1.165) is 30.2 Å². The summed E-state index contributed by atoms with van der Waals surface area (Å²) < 4.78 is 1.78. The van der Waals surface area contributed by atoms with Crippen LogP contribution in [0.3, 0.4) is 0 Å². The van der Waals surface area contributed by atoms with Crippen molar-refractivity contribution >= 4 is 5.96 Å². The molecular formula is C17H32N6. The molecule has 1 saturated carbocycles. The van der Waals surface area contributed by atoms with E-state index in [9.17, 15) is 0 Å². The maximum atomic E-state index is 4.29. The zero-order chi connectivity index (χ0) is 16.5. The number of guanidine groups is 1. The van der Waals surface area contributed by atoms with Crippen LogP contribution < -0.4 is 10.6 Å². The zero-order valence-electron chi connectivity index (χ0n) is 14.9. The van der Waals surface area contributed by atoms with Crippen LogP contribution in [0.15, 0.2) is 11.3 Å². The van der Waals surface area contributed by atoms with Crippen LogP contribution in [-0.2, 0) is 13.6 Å². The van der Waals surface area contributed by atoms with E-state index in [1.807, 2.05) is 14.1 Å². The van der Waals surface area contributed by atoms with Gasteiger partial charge in [-0.2, -0.15) is 5.10 Å². The van der Waals surface area contributed by atoms with E-state index in [-0.39, 0.29) is 0 Å². The van der Waals surface area contributed by atoms with E-state index in [4.69, 9.17) is 0 Å². The van der Waals surface area contributed by atoms with E-state index in [2.05, 4.69) is 32.6 Å². The van der Waals surface area contributed by atoms with Crippen LogP contribution in [0.1, 0.15) is 57.7 Å². The van der Waals surface area contributed by atoms with Gasteiger partial charge >= 0.3 is 0 Å². The van der Waals surface area contributed by atoms with Gasteiger partial charge in [-0.25, -0.2) is 4.98 Å². The molecule has 0 amide bonds. The molecule has 1 aromatic rings. The van der Waals surface area contributed by atoms with Crippen LogP contribution in [0.5, 0.6) is 0 Å². The molecule has 1 heterocycles. The molecule has 0 bridgehead atoms. The summed E-state index contributed by atoms with van der Waals surface area (Å²) in [6.45, 7) is 3.94. The second-order valence-electron chi connectivity index (χ2n) is 6.64. The Labute approximate surface area is 140 Å². The highest BCUT2D eigenvalue weighted by Gasteiger charge is 2.20. The first-order valence-electron chi connectivity index (χ1n) is 9.00. The quantitative estimate of drug-likeness (QED) is 0.598. The van der Waals surface area contributed by atoms with E-state index in [1.165, 1.54) is 44.9 Å². The molecule has 0 spiro atoms. The highest BCUT2D eigenvalue weighted by molar-refractivity contribution is 5.79. The third-order valence-electron chi connectivity index (χ3n) is 4.93. The molecule has 1 fully saturated rings. The highest BCUT2D eigenvalue weighted by atomic mass is 15.3. The van der Waals surface area contributed by atoms with Gasteiger partial charge in [-0.15, -0.1) is 0 Å². The van der Waals surface area contributed by atoms with Gasteiger partial charge in [-0.05, 0) is 24.7 Å². The number of nitrogens with zero attached hydrogens (tertiary/aromatic N) is 4. The number of unbranched alkanes of at least 4 members (excludes halogenated alkanes) is 1. The molecule has 6 nitrogen and oxygen atoms in total. The zero-order valence-corrected chi connectivity index (χ0v) is 14.9. The third kappa shape index (κ3) is 5.84. The van der Waals surface area contributed by atoms with Crippen molar-refractivity contribution in [3.05, 3.63) is 12.2 Å². The van der Waals surface area contributed by atoms with Gasteiger partial charge in [0.2, 0.25) is 0 Å². The summed E-state index contributed by atoms with van der Waals surface area (Å²) in [6.07, 6.45) is 11.2. The number of aliphatic imine (C=N–C) groups is 1. The smallest absolute Gasteiger partial charge is 0.191 e. The molecule has 23 heavy (non-hydrogen) atoms. The summed E-state index contributed by atoms with van der Waals surface area (Å²) in [5.74, 6) is 3.51. The van der Waals surface area contributed by atoms with Crippen molar-refractivity contribution in [2.24, 2.45) is 23.9 Å². The van der Waals surface area contributed by atoms with E-state index in [1.54, 1.807) is 11.0 Å². The van der Waals surface area contributed by atoms with E-state index < -0.39 is 0 Å². The average molecular weight is 320 g/mol. The lowest BCUT2D eigenvalue weighted by Crippen LogP contribution is -2.40. The topological polar surface area (TPSA) is 67.1 Å². The number of hydrogen-bond acceptors (Lipinski definition) is 3. The molecule has 0 radical (unpaired) electrons. The predicted molar refractivity (Wildman–Crippen MR) is 94.2 cm³/mol. The Hall–Kier alpha value is -1.59. The standard InChI is InChI=1S/C17H32N6/c1-4-5-6-14-7-9-15(10-8-14)11-19-17(18-2)20-12-16-21-13-22-23(16)3/h13-15H,4-12H2,1-3H3,(H2,18,19,20). The van der Waals surface area contributed by atoms with Crippen molar-refractivity contribution in [3.63, 3.8) is 0 Å². The van der Waals surface area contributed by atoms with Gasteiger partial charge in [-0.3, -0.25) is 9.67 Å². The summed E-state index contributed by atoms with van der Waals surface area (Å²) in [6, 6.07) is 0. The normalized spacial score (nSPS) is 22.1. The van der Waals surface area contributed by atoms with E-state index in [0.29, 0.717) is 6.54 Å². The molecule has 1 aliphatic rings. The fourth-order valence-corrected chi connectivity index (χ4v) is 3.32. The van der Waals surface area contributed by atoms with Crippen molar-refractivity contribution in [1.29, 1.82) is 0 Å². The molecule has 0 aliphatic heterocycles.